The summed E-state index contributed by atoms with van der Waals surface area (Å²) >= 11 is 1.13. The quantitative estimate of drug-likeness (QED) is 0.515. The molecule has 13 heteroatoms. The number of nitrogens with one attached hydrogen (secondary N) is 1. The summed E-state index contributed by atoms with van der Waals surface area (Å²) in [7, 11) is -5.77. The van der Waals surface area contributed by atoms with E-state index in [0.29, 0.717) is 11.3 Å². The van der Waals surface area contributed by atoms with Crippen LogP contribution in [0.1, 0.15) is 19.4 Å². The largest absolute Gasteiger partial charge is 0.488 e. The molecule has 3 atom stereocenters. The topological polar surface area (TPSA) is 133 Å². The van der Waals surface area contributed by atoms with Gasteiger partial charge in [-0.15, -0.1) is 11.3 Å². The Hall–Kier alpha value is -2.19. The van der Waals surface area contributed by atoms with E-state index in [1.54, 1.807) is 35.4 Å². The van der Waals surface area contributed by atoms with Crippen molar-refractivity contribution in [1.82, 2.24) is 9.21 Å². The van der Waals surface area contributed by atoms with Crippen molar-refractivity contribution >= 4 is 43.0 Å². The molecule has 1 aliphatic rings. The molecule has 0 unspecified atom stereocenters. The Kier molecular flexibility index (Phi) is 8.48. The fourth-order valence-corrected chi connectivity index (χ4v) is 6.78. The van der Waals surface area contributed by atoms with E-state index < -0.39 is 32.2 Å². The summed E-state index contributed by atoms with van der Waals surface area (Å²) in [6, 6.07) is 7.40. The molecule has 0 fully saturated rings. The molecule has 35 heavy (non-hydrogen) atoms. The lowest BCUT2D eigenvalue weighted by molar-refractivity contribution is -0.134. The standard InChI is InChI=1S/C22H31N3O7S3/c1-15-12-25(16(2)14-26)21(27)11-17-10-18(23-34(4,28)29)7-8-19(17)32-20(15)13-24(3)35(30,31)22-6-5-9-33-22/h5-10,15-16,20,23,26H,11-14H2,1-4H3/t15-,16-,20-/m1/s1. The van der Waals surface area contributed by atoms with Gasteiger partial charge < -0.3 is 14.7 Å². The number of carbonyl (C=O) groups is 1. The van der Waals surface area contributed by atoms with Crippen molar-refractivity contribution in [2.24, 2.45) is 5.92 Å². The Morgan fingerprint density at radius 1 is 1.29 bits per heavy atom. The summed E-state index contributed by atoms with van der Waals surface area (Å²) in [5.74, 6) is -0.164. The number of hydrogen-bond acceptors (Lipinski definition) is 8. The Morgan fingerprint density at radius 2 is 2.00 bits per heavy atom. The van der Waals surface area contributed by atoms with Crippen molar-refractivity contribution in [1.29, 1.82) is 0 Å². The first-order valence-electron chi connectivity index (χ1n) is 11.0. The molecule has 1 aromatic carbocycles. The van der Waals surface area contributed by atoms with E-state index in [4.69, 9.17) is 4.74 Å². The van der Waals surface area contributed by atoms with Gasteiger partial charge in [0.25, 0.3) is 10.0 Å². The maximum absolute atomic E-state index is 13.2. The highest BCUT2D eigenvalue weighted by atomic mass is 32.2. The average molecular weight is 546 g/mol. The van der Waals surface area contributed by atoms with Crippen LogP contribution in [0.25, 0.3) is 0 Å². The van der Waals surface area contributed by atoms with Gasteiger partial charge in [-0.3, -0.25) is 9.52 Å². The summed E-state index contributed by atoms with van der Waals surface area (Å²) in [5.41, 5.74) is 0.743. The number of likely N-dealkylation sites (N-methyl/N-ethyl adjacent to an activating group) is 1. The molecule has 1 aliphatic heterocycles. The van der Waals surface area contributed by atoms with Crippen molar-refractivity contribution < 1.29 is 31.5 Å². The number of sulfonamides is 2. The lowest BCUT2D eigenvalue weighted by Crippen LogP contribution is -2.48. The summed E-state index contributed by atoms with van der Waals surface area (Å²) in [4.78, 5) is 14.7. The third-order valence-electron chi connectivity index (χ3n) is 5.82. The molecule has 2 N–H and O–H groups in total. The van der Waals surface area contributed by atoms with Crippen LogP contribution in [-0.2, 0) is 31.3 Å². The van der Waals surface area contributed by atoms with Crippen LogP contribution in [0, 0.1) is 5.92 Å². The lowest BCUT2D eigenvalue weighted by Gasteiger charge is -2.33. The van der Waals surface area contributed by atoms with Gasteiger partial charge in [-0.25, -0.2) is 16.8 Å². The molecule has 0 aliphatic carbocycles. The van der Waals surface area contributed by atoms with Crippen LogP contribution < -0.4 is 9.46 Å². The molecule has 0 saturated carbocycles. The molecular weight excluding hydrogens is 514 g/mol. The Bertz CT molecular complexity index is 1250. The molecule has 0 saturated heterocycles. The van der Waals surface area contributed by atoms with Crippen LogP contribution in [0.4, 0.5) is 5.69 Å². The van der Waals surface area contributed by atoms with Crippen molar-refractivity contribution in [2.45, 2.75) is 36.6 Å². The second-order valence-corrected chi connectivity index (χ2v) is 13.8. The number of amides is 1. The minimum Gasteiger partial charge on any atom is -0.488 e. The molecule has 2 aromatic rings. The average Bonchev–Trinajstić information content (AvgIpc) is 3.32. The van der Waals surface area contributed by atoms with Gasteiger partial charge in [-0.2, -0.15) is 4.31 Å². The minimum absolute atomic E-state index is 0.0275. The molecule has 2 heterocycles. The smallest absolute Gasteiger partial charge is 0.252 e. The highest BCUT2D eigenvalue weighted by Crippen LogP contribution is 2.30. The van der Waals surface area contributed by atoms with Gasteiger partial charge in [0.15, 0.2) is 0 Å². The van der Waals surface area contributed by atoms with Gasteiger partial charge in [-0.1, -0.05) is 13.0 Å². The number of aliphatic hydroxyl groups is 1. The molecule has 0 radical (unpaired) electrons. The first-order valence-corrected chi connectivity index (χ1v) is 15.2. The summed E-state index contributed by atoms with van der Waals surface area (Å²) in [5, 5.41) is 11.4. The second kappa shape index (κ2) is 10.8. The zero-order valence-electron chi connectivity index (χ0n) is 20.0. The molecule has 0 spiro atoms. The number of anilines is 1. The van der Waals surface area contributed by atoms with Gasteiger partial charge in [0.05, 0.1) is 31.9 Å². The molecule has 0 bridgehead atoms. The van der Waals surface area contributed by atoms with Crippen LogP contribution in [-0.4, -0.2) is 82.2 Å². The van der Waals surface area contributed by atoms with Crippen molar-refractivity contribution in [2.75, 3.05) is 37.7 Å². The SMILES string of the molecule is C[C@@H]1CN([C@H](C)CO)C(=O)Cc2cc(NS(C)(=O)=O)ccc2O[C@@H]1CN(C)S(=O)(=O)c1cccs1. The summed E-state index contributed by atoms with van der Waals surface area (Å²) in [6.45, 7) is 3.64. The van der Waals surface area contributed by atoms with E-state index in [0.717, 1.165) is 17.6 Å². The fourth-order valence-electron chi connectivity index (χ4n) is 3.84. The lowest BCUT2D eigenvalue weighted by atomic mass is 10.0. The van der Waals surface area contributed by atoms with Crippen LogP contribution in [0.3, 0.4) is 0 Å². The molecular formula is C22H31N3O7S3. The Balaban J connectivity index is 1.99. The van der Waals surface area contributed by atoms with Crippen LogP contribution in [0.2, 0.25) is 0 Å². The third-order valence-corrected chi connectivity index (χ3v) is 9.62. The van der Waals surface area contributed by atoms with E-state index in [-0.39, 0.29) is 47.8 Å². The monoisotopic (exact) mass is 545 g/mol. The molecule has 1 aromatic heterocycles. The highest BCUT2D eigenvalue weighted by Gasteiger charge is 2.33. The summed E-state index contributed by atoms with van der Waals surface area (Å²) in [6.07, 6.45) is 0.339. The van der Waals surface area contributed by atoms with Gasteiger partial charge >= 0.3 is 0 Å². The predicted octanol–water partition coefficient (Wildman–Crippen LogP) is 1.59. The molecule has 3 rings (SSSR count). The molecule has 1 amide bonds. The number of benzene rings is 1. The van der Waals surface area contributed by atoms with Crippen LogP contribution in [0.5, 0.6) is 5.75 Å². The Labute approximate surface area is 210 Å². The number of aliphatic hydroxyl groups excluding tert-OH is 1. The van der Waals surface area contributed by atoms with E-state index in [9.17, 15) is 26.7 Å². The van der Waals surface area contributed by atoms with E-state index in [1.807, 2.05) is 6.92 Å². The van der Waals surface area contributed by atoms with Crippen molar-refractivity contribution in [3.05, 3.63) is 41.3 Å². The number of fused-ring (bicyclic) bond motifs is 1. The normalized spacial score (nSPS) is 20.4. The van der Waals surface area contributed by atoms with Crippen LogP contribution >= 0.6 is 11.3 Å². The zero-order valence-corrected chi connectivity index (χ0v) is 22.5. The Morgan fingerprint density at radius 3 is 2.60 bits per heavy atom. The zero-order chi connectivity index (χ0) is 26.0. The fraction of sp³-hybridized carbons (Fsp3) is 0.500. The molecule has 194 valence electrons. The minimum atomic E-state index is -3.72. The number of rotatable bonds is 8. The first-order chi connectivity index (χ1) is 16.3. The van der Waals surface area contributed by atoms with Crippen molar-refractivity contribution in [3.8, 4) is 5.75 Å². The van der Waals surface area contributed by atoms with Gasteiger partial charge in [-0.05, 0) is 36.6 Å². The van der Waals surface area contributed by atoms with Gasteiger partial charge in [0.1, 0.15) is 16.1 Å². The second-order valence-electron chi connectivity index (χ2n) is 8.80. The van der Waals surface area contributed by atoms with E-state index in [1.165, 1.54) is 23.5 Å². The van der Waals surface area contributed by atoms with E-state index in [2.05, 4.69) is 4.72 Å². The number of carbonyl (C=O) groups excluding carboxylic acids is 1. The first kappa shape index (κ1) is 27.4. The van der Waals surface area contributed by atoms with E-state index >= 15 is 0 Å². The third kappa shape index (κ3) is 6.73. The van der Waals surface area contributed by atoms with Gasteiger partial charge in [0, 0.05) is 30.8 Å². The van der Waals surface area contributed by atoms with Gasteiger partial charge in [0.2, 0.25) is 15.9 Å². The number of nitrogens with zero attached hydrogens (tertiary/aromatic N) is 2. The predicted molar refractivity (Wildman–Crippen MR) is 135 cm³/mol. The summed E-state index contributed by atoms with van der Waals surface area (Å²) < 4.78 is 59.5. The maximum Gasteiger partial charge on any atom is 0.252 e. The maximum atomic E-state index is 13.2. The van der Waals surface area contributed by atoms with Crippen LogP contribution in [0.15, 0.2) is 39.9 Å². The number of ether oxygens (including phenoxy) is 1. The van der Waals surface area contributed by atoms with Crippen molar-refractivity contribution in [3.63, 3.8) is 0 Å². The highest BCUT2D eigenvalue weighted by molar-refractivity contribution is 7.92. The number of hydrogen-bond donors (Lipinski definition) is 2. The number of thiophene rings is 1. The molecule has 10 nitrogen and oxygen atoms in total.